The van der Waals surface area contributed by atoms with Crippen LogP contribution in [0.25, 0.3) is 10.8 Å². The Labute approximate surface area is 244 Å². The lowest BCUT2D eigenvalue weighted by Crippen LogP contribution is -2.40. The molecule has 0 spiro atoms. The zero-order valence-electron chi connectivity index (χ0n) is 24.4. The van der Waals surface area contributed by atoms with Gasteiger partial charge in [0.05, 0.1) is 39.1 Å². The molecule has 0 aliphatic carbocycles. The van der Waals surface area contributed by atoms with Crippen molar-refractivity contribution in [3.05, 3.63) is 108 Å². The van der Waals surface area contributed by atoms with E-state index in [1.807, 2.05) is 18.2 Å². The molecule has 0 radical (unpaired) electrons. The van der Waals surface area contributed by atoms with Gasteiger partial charge in [0.2, 0.25) is 0 Å². The predicted octanol–water partition coefficient (Wildman–Crippen LogP) is 7.52. The fourth-order valence-corrected chi connectivity index (χ4v) is 5.28. The summed E-state index contributed by atoms with van der Waals surface area (Å²) in [7, 11) is 0. The molecular weight excluding hydrogens is 510 g/mol. The van der Waals surface area contributed by atoms with E-state index in [1.54, 1.807) is 0 Å². The highest BCUT2D eigenvalue weighted by molar-refractivity contribution is 5.82. The largest absolute Gasteiger partial charge is 0.494 e. The van der Waals surface area contributed by atoms with E-state index in [4.69, 9.17) is 18.9 Å². The molecule has 0 saturated carbocycles. The van der Waals surface area contributed by atoms with Gasteiger partial charge in [-0.05, 0) is 65.0 Å². The summed E-state index contributed by atoms with van der Waals surface area (Å²) in [5.74, 6) is 2.66. The third-order valence-corrected chi connectivity index (χ3v) is 7.52. The van der Waals surface area contributed by atoms with Gasteiger partial charge in [0.1, 0.15) is 11.5 Å². The highest BCUT2D eigenvalue weighted by Gasteiger charge is 2.27. The molecule has 216 valence electrons. The molecule has 5 rings (SSSR count). The third-order valence-electron chi connectivity index (χ3n) is 7.52. The second kappa shape index (κ2) is 15.0. The summed E-state index contributed by atoms with van der Waals surface area (Å²) >= 11 is 0. The van der Waals surface area contributed by atoms with Crippen LogP contribution in [0.1, 0.15) is 49.3 Å². The summed E-state index contributed by atoms with van der Waals surface area (Å²) in [5, 5.41) is 6.03. The summed E-state index contributed by atoms with van der Waals surface area (Å²) in [6.07, 6.45) is 2.03. The van der Waals surface area contributed by atoms with E-state index >= 15 is 0 Å². The smallest absolute Gasteiger partial charge is 0.124 e. The minimum absolute atomic E-state index is 0.139. The maximum absolute atomic E-state index is 6.47. The van der Waals surface area contributed by atoms with E-state index in [0.717, 1.165) is 43.0 Å². The number of nitrogens with one attached hydrogen (secondary N) is 1. The standard InChI is InChI=1S/C36H43NO4/c1-27(2)24-40-35-11-6-5-10-32(35)26-38-20-7-21-39-33-16-14-30(15-17-33)34-18-19-37-23-36(34)41-25-28-12-13-29-8-3-4-9-31(29)22-28/h3-6,8-17,22,27,34,36-37H,7,18-21,23-26H2,1-2H3. The minimum atomic E-state index is 0.139. The highest BCUT2D eigenvalue weighted by Crippen LogP contribution is 2.30. The lowest BCUT2D eigenvalue weighted by Gasteiger charge is -2.32. The molecule has 0 aromatic heterocycles. The molecule has 1 fully saturated rings. The molecule has 4 aromatic rings. The Kier molecular flexibility index (Phi) is 10.7. The molecule has 0 bridgehead atoms. The van der Waals surface area contributed by atoms with Crippen LogP contribution < -0.4 is 14.8 Å². The van der Waals surface area contributed by atoms with Gasteiger partial charge in [-0.2, -0.15) is 0 Å². The van der Waals surface area contributed by atoms with Crippen molar-refractivity contribution in [1.82, 2.24) is 5.32 Å². The van der Waals surface area contributed by atoms with E-state index in [-0.39, 0.29) is 6.10 Å². The normalized spacial score (nSPS) is 17.1. The molecule has 1 aliphatic rings. The Hall–Kier alpha value is -3.38. The third kappa shape index (κ3) is 8.56. The fraction of sp³-hybridized carbons (Fsp3) is 0.389. The van der Waals surface area contributed by atoms with Crippen molar-refractivity contribution in [2.45, 2.75) is 51.9 Å². The average Bonchev–Trinajstić information content (AvgIpc) is 3.01. The average molecular weight is 554 g/mol. The Morgan fingerprint density at radius 1 is 0.805 bits per heavy atom. The molecule has 0 amide bonds. The SMILES string of the molecule is CC(C)COc1ccccc1COCCCOc1ccc(C2CCNCC2OCc2ccc3ccccc3c2)cc1. The monoisotopic (exact) mass is 553 g/mol. The molecule has 5 nitrogen and oxygen atoms in total. The van der Waals surface area contributed by atoms with Crippen LogP contribution in [-0.4, -0.2) is 39.0 Å². The molecule has 2 atom stereocenters. The lowest BCUT2D eigenvalue weighted by molar-refractivity contribution is 0.0106. The van der Waals surface area contributed by atoms with Crippen molar-refractivity contribution < 1.29 is 18.9 Å². The first kappa shape index (κ1) is 29.1. The molecule has 5 heteroatoms. The van der Waals surface area contributed by atoms with Crippen LogP contribution in [0.15, 0.2) is 91.0 Å². The molecule has 1 heterocycles. The van der Waals surface area contributed by atoms with Crippen LogP contribution in [0.2, 0.25) is 0 Å². The Bertz CT molecular complexity index is 1350. The van der Waals surface area contributed by atoms with Crippen molar-refractivity contribution in [2.24, 2.45) is 5.92 Å². The van der Waals surface area contributed by atoms with Gasteiger partial charge in [0, 0.05) is 24.4 Å². The van der Waals surface area contributed by atoms with Gasteiger partial charge in [-0.15, -0.1) is 0 Å². The van der Waals surface area contributed by atoms with E-state index in [9.17, 15) is 0 Å². The summed E-state index contributed by atoms with van der Waals surface area (Å²) in [6.45, 7) is 9.31. The number of rotatable bonds is 14. The van der Waals surface area contributed by atoms with Gasteiger partial charge in [-0.1, -0.05) is 80.6 Å². The summed E-state index contributed by atoms with van der Waals surface area (Å²) < 4.78 is 24.3. The minimum Gasteiger partial charge on any atom is -0.494 e. The number of ether oxygens (including phenoxy) is 4. The number of piperidine rings is 1. The number of para-hydroxylation sites is 1. The number of hydrogen-bond donors (Lipinski definition) is 1. The number of fused-ring (bicyclic) bond motifs is 1. The summed E-state index contributed by atoms with van der Waals surface area (Å²) in [6, 6.07) is 31.7. The topological polar surface area (TPSA) is 49.0 Å². The first-order chi connectivity index (χ1) is 20.2. The second-order valence-electron chi connectivity index (χ2n) is 11.3. The highest BCUT2D eigenvalue weighted by atomic mass is 16.5. The van der Waals surface area contributed by atoms with Crippen LogP contribution in [0, 0.1) is 5.92 Å². The molecule has 1 N–H and O–H groups in total. The van der Waals surface area contributed by atoms with Gasteiger partial charge in [-0.3, -0.25) is 0 Å². The quantitative estimate of drug-likeness (QED) is 0.164. The van der Waals surface area contributed by atoms with Gasteiger partial charge < -0.3 is 24.3 Å². The second-order valence-corrected chi connectivity index (χ2v) is 11.3. The lowest BCUT2D eigenvalue weighted by atomic mass is 9.87. The summed E-state index contributed by atoms with van der Waals surface area (Å²) in [4.78, 5) is 0. The van der Waals surface area contributed by atoms with Crippen molar-refractivity contribution in [1.29, 1.82) is 0 Å². The van der Waals surface area contributed by atoms with Crippen molar-refractivity contribution in [3.8, 4) is 11.5 Å². The summed E-state index contributed by atoms with van der Waals surface area (Å²) in [5.41, 5.74) is 3.61. The Morgan fingerprint density at radius 2 is 1.61 bits per heavy atom. The van der Waals surface area contributed by atoms with Crippen molar-refractivity contribution in [3.63, 3.8) is 0 Å². The van der Waals surface area contributed by atoms with Crippen LogP contribution in [0.5, 0.6) is 11.5 Å². The maximum atomic E-state index is 6.47. The van der Waals surface area contributed by atoms with Gasteiger partial charge >= 0.3 is 0 Å². The van der Waals surface area contributed by atoms with Crippen LogP contribution >= 0.6 is 0 Å². The number of hydrogen-bond acceptors (Lipinski definition) is 5. The Balaban J connectivity index is 1.05. The maximum Gasteiger partial charge on any atom is 0.124 e. The van der Waals surface area contributed by atoms with E-state index in [2.05, 4.69) is 92.0 Å². The zero-order valence-corrected chi connectivity index (χ0v) is 24.4. The number of benzene rings is 4. The van der Waals surface area contributed by atoms with Crippen LogP contribution in [0.4, 0.5) is 0 Å². The van der Waals surface area contributed by atoms with Crippen LogP contribution in [-0.2, 0) is 22.7 Å². The molecule has 1 aliphatic heterocycles. The first-order valence-electron chi connectivity index (χ1n) is 15.0. The zero-order chi connectivity index (χ0) is 28.3. The van der Waals surface area contributed by atoms with E-state index < -0.39 is 0 Å². The molecule has 4 aromatic carbocycles. The Morgan fingerprint density at radius 3 is 2.46 bits per heavy atom. The molecule has 1 saturated heterocycles. The van der Waals surface area contributed by atoms with Gasteiger partial charge in [0.25, 0.3) is 0 Å². The van der Waals surface area contributed by atoms with Gasteiger partial charge in [0.15, 0.2) is 0 Å². The predicted molar refractivity (Wildman–Crippen MR) is 166 cm³/mol. The van der Waals surface area contributed by atoms with E-state index in [1.165, 1.54) is 21.9 Å². The fourth-order valence-electron chi connectivity index (χ4n) is 5.28. The molecule has 41 heavy (non-hydrogen) atoms. The molecule has 2 unspecified atom stereocenters. The van der Waals surface area contributed by atoms with E-state index in [0.29, 0.717) is 44.9 Å². The van der Waals surface area contributed by atoms with Crippen LogP contribution in [0.3, 0.4) is 0 Å². The first-order valence-corrected chi connectivity index (χ1v) is 15.0. The van der Waals surface area contributed by atoms with Crippen molar-refractivity contribution in [2.75, 3.05) is 32.9 Å². The van der Waals surface area contributed by atoms with Crippen molar-refractivity contribution >= 4 is 10.8 Å². The molecular formula is C36H43NO4. The van der Waals surface area contributed by atoms with Gasteiger partial charge in [-0.25, -0.2) is 0 Å².